The number of carbonyl (C=O) groups is 3. The third kappa shape index (κ3) is 3.22. The van der Waals surface area contributed by atoms with Crippen molar-refractivity contribution in [3.05, 3.63) is 52.8 Å². The zero-order valence-corrected chi connectivity index (χ0v) is 12.3. The van der Waals surface area contributed by atoms with Crippen LogP contribution in [0.25, 0.3) is 0 Å². The summed E-state index contributed by atoms with van der Waals surface area (Å²) in [6, 6.07) is 9.11. The van der Waals surface area contributed by atoms with Crippen LogP contribution in [0.2, 0.25) is 0 Å². The van der Waals surface area contributed by atoms with E-state index in [0.29, 0.717) is 0 Å². The van der Waals surface area contributed by atoms with E-state index in [-0.39, 0.29) is 40.9 Å². The molecular formula is C16H16N2O4. The van der Waals surface area contributed by atoms with Gasteiger partial charge in [0.05, 0.1) is 12.0 Å². The molecule has 0 radical (unpaired) electrons. The summed E-state index contributed by atoms with van der Waals surface area (Å²) in [6.07, 6.45) is 0.119. The van der Waals surface area contributed by atoms with E-state index >= 15 is 0 Å². The third-order valence-electron chi connectivity index (χ3n) is 3.14. The van der Waals surface area contributed by atoms with Gasteiger partial charge in [-0.3, -0.25) is 19.7 Å². The van der Waals surface area contributed by atoms with E-state index in [9.17, 15) is 14.4 Å². The summed E-state index contributed by atoms with van der Waals surface area (Å²) in [5.74, 6) is -1.37. The maximum Gasteiger partial charge on any atom is 0.255 e. The molecule has 1 aromatic heterocycles. The second-order valence-corrected chi connectivity index (χ2v) is 4.87. The summed E-state index contributed by atoms with van der Waals surface area (Å²) in [7, 11) is 0. The zero-order valence-electron chi connectivity index (χ0n) is 12.3. The Labute approximate surface area is 127 Å². The van der Waals surface area contributed by atoms with Gasteiger partial charge >= 0.3 is 0 Å². The second-order valence-electron chi connectivity index (χ2n) is 4.87. The van der Waals surface area contributed by atoms with E-state index < -0.39 is 5.91 Å². The molecule has 0 spiro atoms. The Morgan fingerprint density at radius 2 is 1.77 bits per heavy atom. The van der Waals surface area contributed by atoms with E-state index in [1.54, 1.807) is 0 Å². The maximum absolute atomic E-state index is 12.0. The van der Waals surface area contributed by atoms with Crippen LogP contribution in [0.15, 0.2) is 34.7 Å². The Kier molecular flexibility index (Phi) is 4.41. The quantitative estimate of drug-likeness (QED) is 0.825. The first-order chi connectivity index (χ1) is 10.4. The molecule has 3 N–H and O–H groups in total. The number of furan rings is 1. The van der Waals surface area contributed by atoms with Gasteiger partial charge < -0.3 is 10.2 Å². The van der Waals surface area contributed by atoms with E-state index in [4.69, 9.17) is 10.2 Å². The van der Waals surface area contributed by atoms with Gasteiger partial charge in [0.1, 0.15) is 11.3 Å². The molecule has 2 aromatic rings. The smallest absolute Gasteiger partial charge is 0.255 e. The lowest BCUT2D eigenvalue weighted by Gasteiger charge is -2.04. The first-order valence-corrected chi connectivity index (χ1v) is 6.68. The Hall–Kier alpha value is -2.89. The molecule has 0 bridgehead atoms. The molecule has 0 saturated carbocycles. The van der Waals surface area contributed by atoms with Crippen molar-refractivity contribution >= 4 is 23.5 Å². The van der Waals surface area contributed by atoms with Crippen molar-refractivity contribution in [3.8, 4) is 0 Å². The summed E-state index contributed by atoms with van der Waals surface area (Å²) in [5.41, 5.74) is 6.12. The van der Waals surface area contributed by atoms with Crippen LogP contribution in [-0.4, -0.2) is 17.6 Å². The summed E-state index contributed by atoms with van der Waals surface area (Å²) >= 11 is 0. The van der Waals surface area contributed by atoms with Gasteiger partial charge in [-0.05, 0) is 19.4 Å². The fraction of sp³-hybridized carbons (Fsp3) is 0.188. The van der Waals surface area contributed by atoms with Crippen molar-refractivity contribution in [2.24, 2.45) is 5.73 Å². The maximum atomic E-state index is 12.0. The van der Waals surface area contributed by atoms with Gasteiger partial charge in [-0.1, -0.05) is 30.3 Å². The molecule has 6 nitrogen and oxygen atoms in total. The molecule has 0 saturated heterocycles. The van der Waals surface area contributed by atoms with Crippen molar-refractivity contribution in [2.75, 3.05) is 5.32 Å². The molecule has 0 aliphatic rings. The molecular weight excluding hydrogens is 284 g/mol. The van der Waals surface area contributed by atoms with Gasteiger partial charge in [-0.25, -0.2) is 0 Å². The Bertz CT molecular complexity index is 732. The van der Waals surface area contributed by atoms with Crippen molar-refractivity contribution in [2.45, 2.75) is 20.3 Å². The van der Waals surface area contributed by atoms with E-state index in [1.807, 2.05) is 30.3 Å². The molecule has 1 heterocycles. The fourth-order valence-corrected chi connectivity index (χ4v) is 2.24. The van der Waals surface area contributed by atoms with E-state index in [0.717, 1.165) is 5.56 Å². The molecule has 2 amide bonds. The van der Waals surface area contributed by atoms with Crippen molar-refractivity contribution < 1.29 is 18.8 Å². The van der Waals surface area contributed by atoms with Gasteiger partial charge in [0, 0.05) is 0 Å². The topological polar surface area (TPSA) is 102 Å². The number of anilines is 1. The van der Waals surface area contributed by atoms with Gasteiger partial charge in [-0.2, -0.15) is 0 Å². The highest BCUT2D eigenvalue weighted by atomic mass is 16.4. The minimum absolute atomic E-state index is 0.0869. The van der Waals surface area contributed by atoms with Gasteiger partial charge in [0.15, 0.2) is 5.78 Å². The van der Waals surface area contributed by atoms with Crippen molar-refractivity contribution in [1.82, 2.24) is 0 Å². The number of ketones is 1. The highest BCUT2D eigenvalue weighted by Gasteiger charge is 2.26. The fourth-order valence-electron chi connectivity index (χ4n) is 2.24. The third-order valence-corrected chi connectivity index (χ3v) is 3.14. The molecule has 0 aliphatic heterocycles. The number of nitrogens with two attached hydrogens (primary N) is 1. The van der Waals surface area contributed by atoms with Crippen molar-refractivity contribution in [3.63, 3.8) is 0 Å². The molecule has 114 valence electrons. The van der Waals surface area contributed by atoms with Crippen LogP contribution in [-0.2, 0) is 11.2 Å². The Balaban J connectivity index is 2.26. The number of aryl methyl sites for hydroxylation is 1. The lowest BCUT2D eigenvalue weighted by molar-refractivity contribution is -0.115. The number of primary amides is 1. The summed E-state index contributed by atoms with van der Waals surface area (Å²) < 4.78 is 5.32. The first-order valence-electron chi connectivity index (χ1n) is 6.68. The number of nitrogens with one attached hydrogen (secondary N) is 1. The van der Waals surface area contributed by atoms with E-state index in [2.05, 4.69) is 5.32 Å². The molecule has 0 atom stereocenters. The number of hydrogen-bond acceptors (Lipinski definition) is 4. The Morgan fingerprint density at radius 1 is 1.14 bits per heavy atom. The minimum Gasteiger partial charge on any atom is -0.444 e. The van der Waals surface area contributed by atoms with E-state index in [1.165, 1.54) is 13.8 Å². The predicted molar refractivity (Wildman–Crippen MR) is 80.7 cm³/mol. The van der Waals surface area contributed by atoms with Crippen LogP contribution in [0.4, 0.5) is 5.88 Å². The van der Waals surface area contributed by atoms with Crippen LogP contribution in [0, 0.1) is 6.92 Å². The van der Waals surface area contributed by atoms with Crippen LogP contribution < -0.4 is 11.1 Å². The minimum atomic E-state index is -0.822. The lowest BCUT2D eigenvalue weighted by atomic mass is 10.1. The molecule has 0 aliphatic carbocycles. The Morgan fingerprint density at radius 3 is 2.32 bits per heavy atom. The van der Waals surface area contributed by atoms with Crippen LogP contribution in [0.3, 0.4) is 0 Å². The molecule has 22 heavy (non-hydrogen) atoms. The SMILES string of the molecule is CC(=O)c1c(C)oc(NC(=O)Cc2ccccc2)c1C(N)=O. The van der Waals surface area contributed by atoms with Crippen LogP contribution in [0.5, 0.6) is 0 Å². The highest BCUT2D eigenvalue weighted by Crippen LogP contribution is 2.27. The number of carbonyl (C=O) groups excluding carboxylic acids is 3. The molecule has 0 unspecified atom stereocenters. The summed E-state index contributed by atoms with van der Waals surface area (Å²) in [6.45, 7) is 2.84. The van der Waals surface area contributed by atoms with Crippen LogP contribution >= 0.6 is 0 Å². The van der Waals surface area contributed by atoms with Crippen LogP contribution in [0.1, 0.15) is 39.0 Å². The summed E-state index contributed by atoms with van der Waals surface area (Å²) in [5, 5.41) is 2.50. The predicted octanol–water partition coefficient (Wildman–Crippen LogP) is 2.07. The lowest BCUT2D eigenvalue weighted by Crippen LogP contribution is -2.20. The van der Waals surface area contributed by atoms with Gasteiger partial charge in [0.25, 0.3) is 5.91 Å². The summed E-state index contributed by atoms with van der Waals surface area (Å²) in [4.78, 5) is 35.2. The number of Topliss-reactive ketones (excluding diaryl/α,β-unsaturated/α-hetero) is 1. The van der Waals surface area contributed by atoms with Gasteiger partial charge in [0.2, 0.25) is 11.8 Å². The largest absolute Gasteiger partial charge is 0.444 e. The number of amides is 2. The van der Waals surface area contributed by atoms with Crippen molar-refractivity contribution in [1.29, 1.82) is 0 Å². The molecule has 0 fully saturated rings. The highest BCUT2D eigenvalue weighted by molar-refractivity contribution is 6.12. The monoisotopic (exact) mass is 300 g/mol. The molecule has 1 aromatic carbocycles. The number of hydrogen-bond donors (Lipinski definition) is 2. The number of benzene rings is 1. The molecule has 6 heteroatoms. The normalized spacial score (nSPS) is 10.3. The molecule has 2 rings (SSSR count). The number of rotatable bonds is 5. The first kappa shape index (κ1) is 15.5. The van der Waals surface area contributed by atoms with Gasteiger partial charge in [-0.15, -0.1) is 0 Å². The average Bonchev–Trinajstić information content (AvgIpc) is 2.76. The second kappa shape index (κ2) is 6.26. The standard InChI is InChI=1S/C16H16N2O4/c1-9(19)13-10(2)22-16(14(13)15(17)21)18-12(20)8-11-6-4-3-5-7-11/h3-7H,8H2,1-2H3,(H2,17,21)(H,18,20). The average molecular weight is 300 g/mol. The zero-order chi connectivity index (χ0) is 16.3.